The molecule has 7 atom stereocenters. The molecule has 0 saturated carbocycles. The number of aliphatic hydroxyl groups is 5. The van der Waals surface area contributed by atoms with Gasteiger partial charge in [0.25, 0.3) is 0 Å². The van der Waals surface area contributed by atoms with Crippen molar-refractivity contribution in [3.05, 3.63) is 97.2 Å². The molecule has 0 aliphatic carbocycles. The van der Waals surface area contributed by atoms with Crippen molar-refractivity contribution in [3.63, 3.8) is 0 Å². The minimum atomic E-state index is -1.58. The van der Waals surface area contributed by atoms with E-state index < -0.39 is 49.5 Å². The highest BCUT2D eigenvalue weighted by Crippen LogP contribution is 2.22. The number of allylic oxidation sites excluding steroid dienone is 15. The fourth-order valence-corrected chi connectivity index (χ4v) is 7.02. The van der Waals surface area contributed by atoms with Crippen molar-refractivity contribution in [2.24, 2.45) is 0 Å². The lowest BCUT2D eigenvalue weighted by atomic mass is 9.99. The Labute approximate surface area is 377 Å². The Balaban J connectivity index is 2.35. The van der Waals surface area contributed by atoms with E-state index in [0.717, 1.165) is 83.5 Å². The molecule has 62 heavy (non-hydrogen) atoms. The SMILES string of the molecule is CC/C=C\C/C=C\C/C=C\C/C=C\C/C=C\C/C=C\C/C=C\CCCCCC(=O)NC(COC1OC(CO)C(O)C(O)C1O)C(O)/C=C/CCCCCCCCCCCCCC. The number of nitrogens with one attached hydrogen (secondary N) is 1. The lowest BCUT2D eigenvalue weighted by Gasteiger charge is -2.40. The van der Waals surface area contributed by atoms with E-state index in [1.165, 1.54) is 64.2 Å². The number of unbranched alkanes of at least 4 members (excludes halogenated alkanes) is 15. The monoisotopic (exact) mass is 868 g/mol. The van der Waals surface area contributed by atoms with Crippen LogP contribution in [0.1, 0.15) is 174 Å². The smallest absolute Gasteiger partial charge is 0.220 e. The molecule has 0 aromatic rings. The van der Waals surface area contributed by atoms with Crippen LogP contribution in [-0.4, -0.2) is 87.5 Å². The summed E-state index contributed by atoms with van der Waals surface area (Å²) >= 11 is 0. The average molecular weight is 868 g/mol. The molecule has 1 aliphatic rings. The molecular formula is C53H89NO8. The van der Waals surface area contributed by atoms with E-state index in [9.17, 15) is 30.3 Å². The van der Waals surface area contributed by atoms with Crippen LogP contribution in [0.25, 0.3) is 0 Å². The van der Waals surface area contributed by atoms with Crippen molar-refractivity contribution in [2.75, 3.05) is 13.2 Å². The summed E-state index contributed by atoms with van der Waals surface area (Å²) in [5, 5.41) is 54.2. The number of amides is 1. The first-order chi connectivity index (χ1) is 30.3. The van der Waals surface area contributed by atoms with Crippen molar-refractivity contribution in [2.45, 2.75) is 217 Å². The standard InChI is InChI=1S/C53H89NO8/c1-3-5-7-9-11-13-15-17-19-20-21-22-23-24-25-26-27-28-29-31-33-35-37-39-41-43-49(57)54-46(45-61-53-52(60)51(59)50(58)48(44-55)62-53)47(56)42-40-38-36-34-32-30-18-16-14-12-10-8-6-4-2/h5,7,11,13,17,19,21-22,24-25,27-28,31,33,40,42,46-48,50-53,55-56,58-60H,3-4,6,8-10,12,14-16,18,20,23,26,29-30,32,34-39,41,43-45H2,1-2H3,(H,54,57)/b7-5-,13-11-,19-17-,22-21-,25-24-,28-27-,33-31-,42-40+. The molecule has 1 rings (SSSR count). The number of hydrogen-bond donors (Lipinski definition) is 6. The molecule has 0 spiro atoms. The second-order valence-electron chi connectivity index (χ2n) is 16.5. The molecule has 9 heteroatoms. The van der Waals surface area contributed by atoms with E-state index in [0.29, 0.717) is 12.8 Å². The van der Waals surface area contributed by atoms with Crippen molar-refractivity contribution >= 4 is 5.91 Å². The Morgan fingerprint density at radius 2 is 1.00 bits per heavy atom. The molecule has 1 fully saturated rings. The van der Waals surface area contributed by atoms with Gasteiger partial charge >= 0.3 is 0 Å². The van der Waals surface area contributed by atoms with Crippen molar-refractivity contribution in [3.8, 4) is 0 Å². The number of hydrogen-bond acceptors (Lipinski definition) is 8. The molecular weight excluding hydrogens is 779 g/mol. The Bertz CT molecular complexity index is 1280. The van der Waals surface area contributed by atoms with Crippen LogP contribution in [0.2, 0.25) is 0 Å². The summed E-state index contributed by atoms with van der Waals surface area (Å²) in [6.07, 6.45) is 53.0. The third-order valence-corrected chi connectivity index (χ3v) is 10.9. The molecule has 9 nitrogen and oxygen atoms in total. The molecule has 7 unspecified atom stereocenters. The number of rotatable bonds is 39. The van der Waals surface area contributed by atoms with Gasteiger partial charge in [-0.1, -0.05) is 188 Å². The summed E-state index contributed by atoms with van der Waals surface area (Å²) in [4.78, 5) is 13.0. The van der Waals surface area contributed by atoms with Crippen molar-refractivity contribution in [1.29, 1.82) is 0 Å². The molecule has 354 valence electrons. The van der Waals surface area contributed by atoms with Gasteiger partial charge in [-0.05, 0) is 77.0 Å². The largest absolute Gasteiger partial charge is 0.394 e. The van der Waals surface area contributed by atoms with Gasteiger partial charge in [-0.25, -0.2) is 0 Å². The third kappa shape index (κ3) is 31.9. The fraction of sp³-hybridized carbons (Fsp3) is 0.679. The summed E-state index contributed by atoms with van der Waals surface area (Å²) in [5.41, 5.74) is 0. The average Bonchev–Trinajstić information content (AvgIpc) is 3.27. The maximum atomic E-state index is 13.0. The van der Waals surface area contributed by atoms with Crippen LogP contribution >= 0.6 is 0 Å². The molecule has 0 bridgehead atoms. The summed E-state index contributed by atoms with van der Waals surface area (Å²) in [6, 6.07) is -0.829. The lowest BCUT2D eigenvalue weighted by Crippen LogP contribution is -2.60. The number of aliphatic hydroxyl groups excluding tert-OH is 5. The molecule has 6 N–H and O–H groups in total. The van der Waals surface area contributed by atoms with Gasteiger partial charge in [-0.2, -0.15) is 0 Å². The summed E-state index contributed by atoms with van der Waals surface area (Å²) in [6.45, 7) is 3.62. The van der Waals surface area contributed by atoms with Crippen LogP contribution in [0.5, 0.6) is 0 Å². The Hall–Kier alpha value is -2.89. The van der Waals surface area contributed by atoms with Gasteiger partial charge < -0.3 is 40.3 Å². The summed E-state index contributed by atoms with van der Waals surface area (Å²) in [5.74, 6) is -0.214. The van der Waals surface area contributed by atoms with Gasteiger partial charge in [-0.3, -0.25) is 4.79 Å². The third-order valence-electron chi connectivity index (χ3n) is 10.9. The second-order valence-corrected chi connectivity index (χ2v) is 16.5. The second kappa shape index (κ2) is 42.1. The Kier molecular flexibility index (Phi) is 38.8. The van der Waals surface area contributed by atoms with Crippen LogP contribution in [0, 0.1) is 0 Å². The topological polar surface area (TPSA) is 149 Å². The number of carbonyl (C=O) groups is 1. The summed E-state index contributed by atoms with van der Waals surface area (Å²) < 4.78 is 11.2. The quantitative estimate of drug-likeness (QED) is 0.0264. The van der Waals surface area contributed by atoms with Gasteiger partial charge in [0.2, 0.25) is 5.91 Å². The van der Waals surface area contributed by atoms with E-state index in [4.69, 9.17) is 9.47 Å². The molecule has 0 aromatic heterocycles. The van der Waals surface area contributed by atoms with Gasteiger partial charge in [0.1, 0.15) is 24.4 Å². The maximum absolute atomic E-state index is 13.0. The number of ether oxygens (including phenoxy) is 2. The normalized spacial score (nSPS) is 21.2. The van der Waals surface area contributed by atoms with E-state index in [2.05, 4.69) is 104 Å². The summed E-state index contributed by atoms with van der Waals surface area (Å²) in [7, 11) is 0. The Morgan fingerprint density at radius 1 is 0.565 bits per heavy atom. The molecule has 1 amide bonds. The predicted octanol–water partition coefficient (Wildman–Crippen LogP) is 10.9. The first kappa shape index (κ1) is 57.1. The van der Waals surface area contributed by atoms with Crippen LogP contribution < -0.4 is 5.32 Å². The predicted molar refractivity (Wildman–Crippen MR) is 258 cm³/mol. The maximum Gasteiger partial charge on any atom is 0.220 e. The van der Waals surface area contributed by atoms with E-state index >= 15 is 0 Å². The van der Waals surface area contributed by atoms with Gasteiger partial charge in [-0.15, -0.1) is 0 Å². The van der Waals surface area contributed by atoms with Crippen LogP contribution in [0.4, 0.5) is 0 Å². The zero-order chi connectivity index (χ0) is 45.1. The first-order valence-corrected chi connectivity index (χ1v) is 24.5. The molecule has 1 aliphatic heterocycles. The lowest BCUT2D eigenvalue weighted by molar-refractivity contribution is -0.302. The molecule has 1 saturated heterocycles. The van der Waals surface area contributed by atoms with Crippen LogP contribution in [-0.2, 0) is 14.3 Å². The first-order valence-electron chi connectivity index (χ1n) is 24.5. The molecule has 0 radical (unpaired) electrons. The van der Waals surface area contributed by atoms with Gasteiger partial charge in [0, 0.05) is 6.42 Å². The van der Waals surface area contributed by atoms with Crippen molar-refractivity contribution < 1.29 is 39.8 Å². The highest BCUT2D eigenvalue weighted by Gasteiger charge is 2.44. The molecule has 1 heterocycles. The minimum absolute atomic E-state index is 0.208. The Morgan fingerprint density at radius 3 is 1.48 bits per heavy atom. The minimum Gasteiger partial charge on any atom is -0.394 e. The van der Waals surface area contributed by atoms with Crippen LogP contribution in [0.15, 0.2) is 97.2 Å². The van der Waals surface area contributed by atoms with Crippen LogP contribution in [0.3, 0.4) is 0 Å². The van der Waals surface area contributed by atoms with Gasteiger partial charge in [0.05, 0.1) is 25.4 Å². The number of carbonyl (C=O) groups excluding carboxylic acids is 1. The van der Waals surface area contributed by atoms with E-state index in [1.807, 2.05) is 6.08 Å². The highest BCUT2D eigenvalue weighted by atomic mass is 16.7. The zero-order valence-electron chi connectivity index (χ0n) is 38.8. The zero-order valence-corrected chi connectivity index (χ0v) is 38.8. The van der Waals surface area contributed by atoms with Gasteiger partial charge in [0.15, 0.2) is 6.29 Å². The fourth-order valence-electron chi connectivity index (χ4n) is 7.02. The van der Waals surface area contributed by atoms with E-state index in [-0.39, 0.29) is 12.5 Å². The molecule has 0 aromatic carbocycles. The van der Waals surface area contributed by atoms with E-state index in [1.54, 1.807) is 6.08 Å². The van der Waals surface area contributed by atoms with Crippen molar-refractivity contribution in [1.82, 2.24) is 5.32 Å². The highest BCUT2D eigenvalue weighted by molar-refractivity contribution is 5.76.